The Balaban J connectivity index is 2.60. The lowest BCUT2D eigenvalue weighted by Crippen LogP contribution is -2.23. The van der Waals surface area contributed by atoms with Crippen LogP contribution in [0, 0.1) is 5.41 Å². The second-order valence-corrected chi connectivity index (χ2v) is 6.05. The van der Waals surface area contributed by atoms with E-state index in [1.807, 2.05) is 17.9 Å². The summed E-state index contributed by atoms with van der Waals surface area (Å²) in [6.45, 7) is 10.2. The number of hydrogen-bond acceptors (Lipinski definition) is 2. The van der Waals surface area contributed by atoms with E-state index in [1.54, 1.807) is 0 Å². The average molecular weight is 237 g/mol. The summed E-state index contributed by atoms with van der Waals surface area (Å²) in [6.07, 6.45) is 7.68. The average Bonchev–Trinajstić information content (AvgIpc) is 2.63. The molecule has 0 aliphatic carbocycles. The fourth-order valence-electron chi connectivity index (χ4n) is 1.90. The zero-order chi connectivity index (χ0) is 12.9. The molecule has 0 amide bonds. The van der Waals surface area contributed by atoms with Gasteiger partial charge in [0.25, 0.3) is 0 Å². The Morgan fingerprint density at radius 2 is 2.12 bits per heavy atom. The van der Waals surface area contributed by atoms with Gasteiger partial charge in [-0.25, -0.2) is 0 Å². The van der Waals surface area contributed by atoms with E-state index in [1.165, 1.54) is 24.8 Å². The van der Waals surface area contributed by atoms with Gasteiger partial charge in [-0.05, 0) is 31.2 Å². The van der Waals surface area contributed by atoms with Crippen molar-refractivity contribution < 1.29 is 0 Å². The van der Waals surface area contributed by atoms with Gasteiger partial charge in [-0.1, -0.05) is 27.7 Å². The third kappa shape index (κ3) is 5.35. The smallest absolute Gasteiger partial charge is 0.0537 e. The summed E-state index contributed by atoms with van der Waals surface area (Å²) in [5.74, 6) is 0. The molecule has 1 atom stereocenters. The van der Waals surface area contributed by atoms with Crippen LogP contribution in [0.3, 0.4) is 0 Å². The maximum atomic E-state index is 4.27. The van der Waals surface area contributed by atoms with Crippen LogP contribution < -0.4 is 5.32 Å². The van der Waals surface area contributed by atoms with Crippen molar-refractivity contribution in [2.24, 2.45) is 12.5 Å². The first-order valence-corrected chi connectivity index (χ1v) is 6.64. The molecule has 1 unspecified atom stereocenters. The first-order chi connectivity index (χ1) is 7.92. The molecule has 0 aliphatic rings. The predicted molar refractivity (Wildman–Crippen MR) is 72.9 cm³/mol. The zero-order valence-electron chi connectivity index (χ0n) is 12.0. The quantitative estimate of drug-likeness (QED) is 0.823. The Kier molecular flexibility index (Phi) is 5.19. The maximum absolute atomic E-state index is 4.27. The highest BCUT2D eigenvalue weighted by atomic mass is 15.2. The number of hydrogen-bond donors (Lipinski definition) is 1. The highest BCUT2D eigenvalue weighted by Crippen LogP contribution is 2.27. The van der Waals surface area contributed by atoms with E-state index in [-0.39, 0.29) is 0 Å². The van der Waals surface area contributed by atoms with Crippen LogP contribution in [0.2, 0.25) is 0 Å². The molecule has 0 spiro atoms. The Morgan fingerprint density at radius 1 is 1.41 bits per heavy atom. The second-order valence-electron chi connectivity index (χ2n) is 6.05. The Labute approximate surface area is 106 Å². The summed E-state index contributed by atoms with van der Waals surface area (Å²) in [5, 5.41) is 7.88. The lowest BCUT2D eigenvalue weighted by atomic mass is 9.87. The number of aromatic nitrogens is 2. The Hall–Kier alpha value is -0.830. The molecule has 98 valence electrons. The summed E-state index contributed by atoms with van der Waals surface area (Å²) in [6, 6.07) is 0.447. The summed E-state index contributed by atoms with van der Waals surface area (Å²) >= 11 is 0. The molecule has 3 nitrogen and oxygen atoms in total. The second kappa shape index (κ2) is 6.20. The van der Waals surface area contributed by atoms with E-state index in [0.29, 0.717) is 11.5 Å². The molecule has 0 saturated heterocycles. The van der Waals surface area contributed by atoms with Crippen molar-refractivity contribution in [3.63, 3.8) is 0 Å². The molecule has 0 aromatic carbocycles. The molecule has 1 aromatic rings. The molecule has 0 saturated carbocycles. The van der Waals surface area contributed by atoms with Crippen molar-refractivity contribution in [1.29, 1.82) is 0 Å². The minimum Gasteiger partial charge on any atom is -0.310 e. The largest absolute Gasteiger partial charge is 0.310 e. The van der Waals surface area contributed by atoms with Crippen LogP contribution in [-0.4, -0.2) is 16.3 Å². The topological polar surface area (TPSA) is 29.9 Å². The van der Waals surface area contributed by atoms with Gasteiger partial charge < -0.3 is 5.32 Å². The number of nitrogens with one attached hydrogen (secondary N) is 1. The molecule has 1 N–H and O–H groups in total. The molecule has 0 aliphatic heterocycles. The minimum atomic E-state index is 0.397. The van der Waals surface area contributed by atoms with Crippen LogP contribution in [-0.2, 0) is 7.05 Å². The molecule has 1 rings (SSSR count). The monoisotopic (exact) mass is 237 g/mol. The van der Waals surface area contributed by atoms with Gasteiger partial charge in [0.05, 0.1) is 6.20 Å². The fraction of sp³-hybridized carbons (Fsp3) is 0.786. The number of nitrogens with zero attached hydrogens (tertiary/aromatic N) is 2. The molecular formula is C14H27N3. The van der Waals surface area contributed by atoms with E-state index in [9.17, 15) is 0 Å². The SMILES string of the molecule is CCCNC(CCC(C)(C)C)c1cnn(C)c1. The number of aryl methyl sites for hydroxylation is 1. The van der Waals surface area contributed by atoms with Crippen molar-refractivity contribution >= 4 is 0 Å². The van der Waals surface area contributed by atoms with Gasteiger partial charge in [-0.3, -0.25) is 4.68 Å². The van der Waals surface area contributed by atoms with Crippen LogP contribution in [0.1, 0.15) is 58.6 Å². The van der Waals surface area contributed by atoms with Gasteiger partial charge in [0, 0.05) is 24.8 Å². The molecule has 0 bridgehead atoms. The van der Waals surface area contributed by atoms with Crippen molar-refractivity contribution in [3.05, 3.63) is 18.0 Å². The van der Waals surface area contributed by atoms with Crippen LogP contribution in [0.5, 0.6) is 0 Å². The molecular weight excluding hydrogens is 210 g/mol. The first kappa shape index (κ1) is 14.2. The highest BCUT2D eigenvalue weighted by Gasteiger charge is 2.17. The molecule has 17 heavy (non-hydrogen) atoms. The predicted octanol–water partition coefficient (Wildman–Crippen LogP) is 3.29. The van der Waals surface area contributed by atoms with Crippen molar-refractivity contribution in [2.75, 3.05) is 6.54 Å². The summed E-state index contributed by atoms with van der Waals surface area (Å²) in [7, 11) is 1.98. The van der Waals surface area contributed by atoms with Gasteiger partial charge in [0.1, 0.15) is 0 Å². The first-order valence-electron chi connectivity index (χ1n) is 6.64. The van der Waals surface area contributed by atoms with Crippen LogP contribution in [0.25, 0.3) is 0 Å². The van der Waals surface area contributed by atoms with E-state index in [2.05, 4.69) is 44.3 Å². The van der Waals surface area contributed by atoms with Gasteiger partial charge >= 0.3 is 0 Å². The van der Waals surface area contributed by atoms with Crippen molar-refractivity contribution in [2.45, 2.75) is 53.0 Å². The van der Waals surface area contributed by atoms with Crippen molar-refractivity contribution in [1.82, 2.24) is 15.1 Å². The van der Waals surface area contributed by atoms with E-state index >= 15 is 0 Å². The van der Waals surface area contributed by atoms with Gasteiger partial charge in [0.15, 0.2) is 0 Å². The summed E-state index contributed by atoms with van der Waals surface area (Å²) in [5.41, 5.74) is 1.71. The van der Waals surface area contributed by atoms with Crippen LogP contribution >= 0.6 is 0 Å². The van der Waals surface area contributed by atoms with E-state index in [4.69, 9.17) is 0 Å². The van der Waals surface area contributed by atoms with Crippen LogP contribution in [0.15, 0.2) is 12.4 Å². The van der Waals surface area contributed by atoms with E-state index in [0.717, 1.165) is 6.54 Å². The Bertz CT molecular complexity index is 322. The third-order valence-electron chi connectivity index (χ3n) is 2.95. The molecule has 3 heteroatoms. The molecule has 1 aromatic heterocycles. The molecule has 0 fully saturated rings. The van der Waals surface area contributed by atoms with Gasteiger partial charge in [-0.2, -0.15) is 5.10 Å². The number of rotatable bonds is 6. The molecule has 1 heterocycles. The van der Waals surface area contributed by atoms with Crippen molar-refractivity contribution in [3.8, 4) is 0 Å². The Morgan fingerprint density at radius 3 is 2.59 bits per heavy atom. The maximum Gasteiger partial charge on any atom is 0.0537 e. The lowest BCUT2D eigenvalue weighted by molar-refractivity contribution is 0.332. The summed E-state index contributed by atoms with van der Waals surface area (Å²) in [4.78, 5) is 0. The molecule has 0 radical (unpaired) electrons. The standard InChI is InChI=1S/C14H27N3/c1-6-9-15-13(7-8-14(2,3)4)12-10-16-17(5)11-12/h10-11,13,15H,6-9H2,1-5H3. The van der Waals surface area contributed by atoms with Gasteiger partial charge in [-0.15, -0.1) is 0 Å². The normalized spacial score (nSPS) is 13.9. The minimum absolute atomic E-state index is 0.397. The third-order valence-corrected chi connectivity index (χ3v) is 2.95. The van der Waals surface area contributed by atoms with Gasteiger partial charge in [0.2, 0.25) is 0 Å². The van der Waals surface area contributed by atoms with Crippen LogP contribution in [0.4, 0.5) is 0 Å². The lowest BCUT2D eigenvalue weighted by Gasteiger charge is -2.23. The highest BCUT2D eigenvalue weighted by molar-refractivity contribution is 5.10. The van der Waals surface area contributed by atoms with E-state index < -0.39 is 0 Å². The summed E-state index contributed by atoms with van der Waals surface area (Å²) < 4.78 is 1.88. The zero-order valence-corrected chi connectivity index (χ0v) is 12.0. The fourth-order valence-corrected chi connectivity index (χ4v) is 1.90.